The van der Waals surface area contributed by atoms with Gasteiger partial charge in [-0.1, -0.05) is 25.1 Å². The van der Waals surface area contributed by atoms with Gasteiger partial charge in [-0.05, 0) is 67.3 Å². The van der Waals surface area contributed by atoms with E-state index in [0.29, 0.717) is 0 Å². The van der Waals surface area contributed by atoms with Crippen LogP contribution in [0, 0.1) is 0 Å². The summed E-state index contributed by atoms with van der Waals surface area (Å²) in [6.45, 7) is 4.76. The van der Waals surface area contributed by atoms with Crippen LogP contribution in [0.25, 0.3) is 0 Å². The lowest BCUT2D eigenvalue weighted by Gasteiger charge is -2.23. The van der Waals surface area contributed by atoms with Gasteiger partial charge in [0.15, 0.2) is 0 Å². The molecule has 1 aromatic rings. The molecule has 1 aliphatic carbocycles. The molecule has 1 atom stereocenters. The summed E-state index contributed by atoms with van der Waals surface area (Å²) in [6.07, 6.45) is 5.27. The summed E-state index contributed by atoms with van der Waals surface area (Å²) < 4.78 is 0. The minimum Gasteiger partial charge on any atom is -0.317 e. The fourth-order valence-corrected chi connectivity index (χ4v) is 3.24. The molecule has 1 unspecified atom stereocenters. The molecule has 1 fully saturated rings. The average Bonchev–Trinajstić information content (AvgIpc) is 2.72. The average molecular weight is 215 g/mol. The highest BCUT2D eigenvalue weighted by atomic mass is 14.9. The Morgan fingerprint density at radius 1 is 1.12 bits per heavy atom. The van der Waals surface area contributed by atoms with E-state index in [-0.39, 0.29) is 0 Å². The second kappa shape index (κ2) is 4.21. The maximum atomic E-state index is 3.45. The van der Waals surface area contributed by atoms with Gasteiger partial charge >= 0.3 is 0 Å². The number of hydrogen-bond acceptors (Lipinski definition) is 1. The van der Waals surface area contributed by atoms with Gasteiger partial charge in [-0.15, -0.1) is 0 Å². The Kier molecular flexibility index (Phi) is 2.72. The first kappa shape index (κ1) is 10.3. The van der Waals surface area contributed by atoms with Gasteiger partial charge in [0.25, 0.3) is 0 Å². The zero-order valence-corrected chi connectivity index (χ0v) is 10.1. The molecule has 0 aromatic heterocycles. The zero-order chi connectivity index (χ0) is 11.0. The van der Waals surface area contributed by atoms with Crippen molar-refractivity contribution in [3.63, 3.8) is 0 Å². The Morgan fingerprint density at radius 3 is 2.75 bits per heavy atom. The predicted molar refractivity (Wildman–Crippen MR) is 68.0 cm³/mol. The zero-order valence-electron chi connectivity index (χ0n) is 10.1. The Hall–Kier alpha value is -0.820. The van der Waals surface area contributed by atoms with E-state index in [4.69, 9.17) is 0 Å². The van der Waals surface area contributed by atoms with Crippen molar-refractivity contribution >= 4 is 0 Å². The highest BCUT2D eigenvalue weighted by Crippen LogP contribution is 2.36. The van der Waals surface area contributed by atoms with Crippen molar-refractivity contribution in [3.05, 3.63) is 34.9 Å². The normalized spacial score (nSPS) is 25.7. The highest BCUT2D eigenvalue weighted by molar-refractivity contribution is 5.39. The molecular weight excluding hydrogens is 194 g/mol. The Morgan fingerprint density at radius 2 is 1.94 bits per heavy atom. The SMILES string of the molecule is CC1CCc2ccc(C3CCNCC3)cc21. The monoisotopic (exact) mass is 215 g/mol. The number of aryl methyl sites for hydroxylation is 1. The lowest BCUT2D eigenvalue weighted by molar-refractivity contribution is 0.460. The van der Waals surface area contributed by atoms with Crippen LogP contribution in [-0.4, -0.2) is 13.1 Å². The number of fused-ring (bicyclic) bond motifs is 1. The first-order valence-electron chi connectivity index (χ1n) is 6.68. The van der Waals surface area contributed by atoms with Crippen molar-refractivity contribution in [3.8, 4) is 0 Å². The summed E-state index contributed by atoms with van der Waals surface area (Å²) in [7, 11) is 0. The molecule has 1 aromatic carbocycles. The fourth-order valence-electron chi connectivity index (χ4n) is 3.24. The largest absolute Gasteiger partial charge is 0.317 e. The summed E-state index contributed by atoms with van der Waals surface area (Å²) in [5.41, 5.74) is 4.83. The quantitative estimate of drug-likeness (QED) is 0.758. The molecule has 0 amide bonds. The number of rotatable bonds is 1. The fraction of sp³-hybridized carbons (Fsp3) is 0.600. The molecule has 86 valence electrons. The summed E-state index contributed by atoms with van der Waals surface area (Å²) in [6, 6.07) is 7.27. The Bertz CT molecular complexity index is 377. The molecule has 0 bridgehead atoms. The van der Waals surface area contributed by atoms with Gasteiger partial charge in [0, 0.05) is 0 Å². The van der Waals surface area contributed by atoms with E-state index < -0.39 is 0 Å². The van der Waals surface area contributed by atoms with E-state index in [0.717, 1.165) is 11.8 Å². The van der Waals surface area contributed by atoms with E-state index in [2.05, 4.69) is 30.4 Å². The molecular formula is C15H21N. The number of benzene rings is 1. The molecule has 2 aliphatic rings. The van der Waals surface area contributed by atoms with Gasteiger partial charge in [0.2, 0.25) is 0 Å². The van der Waals surface area contributed by atoms with Crippen LogP contribution in [0.4, 0.5) is 0 Å². The predicted octanol–water partition coefficient (Wildman–Crippen LogP) is 3.20. The molecule has 1 saturated heterocycles. The molecule has 1 nitrogen and oxygen atoms in total. The van der Waals surface area contributed by atoms with Crippen molar-refractivity contribution in [2.75, 3.05) is 13.1 Å². The van der Waals surface area contributed by atoms with E-state index in [1.165, 1.54) is 38.8 Å². The number of hydrogen-bond donors (Lipinski definition) is 1. The molecule has 0 radical (unpaired) electrons. The van der Waals surface area contributed by atoms with Crippen LogP contribution in [0.3, 0.4) is 0 Å². The number of nitrogens with one attached hydrogen (secondary N) is 1. The molecule has 0 saturated carbocycles. The molecule has 1 aliphatic heterocycles. The molecule has 0 spiro atoms. The van der Waals surface area contributed by atoms with Gasteiger partial charge < -0.3 is 5.32 Å². The van der Waals surface area contributed by atoms with Crippen molar-refractivity contribution in [1.29, 1.82) is 0 Å². The van der Waals surface area contributed by atoms with Crippen LogP contribution in [0.5, 0.6) is 0 Å². The molecule has 1 heteroatoms. The van der Waals surface area contributed by atoms with Crippen molar-refractivity contribution in [1.82, 2.24) is 5.32 Å². The Labute approximate surface area is 98.3 Å². The maximum Gasteiger partial charge on any atom is -0.00431 e. The smallest absolute Gasteiger partial charge is 0.00431 e. The van der Waals surface area contributed by atoms with Crippen LogP contribution in [0.2, 0.25) is 0 Å². The second-order valence-corrected chi connectivity index (χ2v) is 5.42. The maximum absolute atomic E-state index is 3.45. The third-order valence-corrected chi connectivity index (χ3v) is 4.36. The summed E-state index contributed by atoms with van der Waals surface area (Å²) in [5.74, 6) is 1.59. The topological polar surface area (TPSA) is 12.0 Å². The van der Waals surface area contributed by atoms with Gasteiger partial charge in [-0.3, -0.25) is 0 Å². The summed E-state index contributed by atoms with van der Waals surface area (Å²) >= 11 is 0. The lowest BCUT2D eigenvalue weighted by Crippen LogP contribution is -2.26. The van der Waals surface area contributed by atoms with Crippen molar-refractivity contribution in [2.45, 2.75) is 44.4 Å². The number of piperidine rings is 1. The summed E-state index contributed by atoms with van der Waals surface area (Å²) in [5, 5.41) is 3.45. The van der Waals surface area contributed by atoms with Gasteiger partial charge in [-0.25, -0.2) is 0 Å². The third-order valence-electron chi connectivity index (χ3n) is 4.36. The molecule has 1 N–H and O–H groups in total. The van der Waals surface area contributed by atoms with E-state index in [1.807, 2.05) is 0 Å². The third kappa shape index (κ3) is 1.78. The van der Waals surface area contributed by atoms with Crippen LogP contribution >= 0.6 is 0 Å². The van der Waals surface area contributed by atoms with E-state index >= 15 is 0 Å². The summed E-state index contributed by atoms with van der Waals surface area (Å²) in [4.78, 5) is 0. The van der Waals surface area contributed by atoms with Crippen LogP contribution in [0.15, 0.2) is 18.2 Å². The molecule has 16 heavy (non-hydrogen) atoms. The van der Waals surface area contributed by atoms with Crippen LogP contribution < -0.4 is 5.32 Å². The van der Waals surface area contributed by atoms with Gasteiger partial charge in [0.1, 0.15) is 0 Å². The van der Waals surface area contributed by atoms with Crippen molar-refractivity contribution in [2.24, 2.45) is 0 Å². The van der Waals surface area contributed by atoms with Crippen molar-refractivity contribution < 1.29 is 0 Å². The van der Waals surface area contributed by atoms with Gasteiger partial charge in [-0.2, -0.15) is 0 Å². The highest BCUT2D eigenvalue weighted by Gasteiger charge is 2.21. The minimum atomic E-state index is 0.789. The second-order valence-electron chi connectivity index (χ2n) is 5.42. The molecule has 3 rings (SSSR count). The standard InChI is InChI=1S/C15H21N/c1-11-2-3-13-4-5-14(10-15(11)13)12-6-8-16-9-7-12/h4-5,10-12,16H,2-3,6-9H2,1H3. The lowest BCUT2D eigenvalue weighted by atomic mass is 9.88. The first-order chi connectivity index (χ1) is 7.84. The van der Waals surface area contributed by atoms with Crippen LogP contribution in [0.1, 0.15) is 54.7 Å². The Balaban J connectivity index is 1.88. The van der Waals surface area contributed by atoms with Gasteiger partial charge in [0.05, 0.1) is 0 Å². The van der Waals surface area contributed by atoms with E-state index in [9.17, 15) is 0 Å². The molecule has 1 heterocycles. The van der Waals surface area contributed by atoms with E-state index in [1.54, 1.807) is 16.7 Å². The van der Waals surface area contributed by atoms with Crippen LogP contribution in [-0.2, 0) is 6.42 Å². The minimum absolute atomic E-state index is 0.789. The first-order valence-corrected chi connectivity index (χ1v) is 6.68.